The molecule has 0 bridgehead atoms. The second-order valence-electron chi connectivity index (χ2n) is 3.74. The lowest BCUT2D eigenvalue weighted by Gasteiger charge is -2.02. The molecule has 1 aromatic carbocycles. The summed E-state index contributed by atoms with van der Waals surface area (Å²) in [5, 5.41) is 9.74. The highest BCUT2D eigenvalue weighted by Crippen LogP contribution is 2.19. The van der Waals surface area contributed by atoms with E-state index in [1.54, 1.807) is 18.0 Å². The van der Waals surface area contributed by atoms with Crippen molar-refractivity contribution in [2.24, 2.45) is 0 Å². The van der Waals surface area contributed by atoms with Gasteiger partial charge in [0.25, 0.3) is 0 Å². The lowest BCUT2D eigenvalue weighted by atomic mass is 10.2. The van der Waals surface area contributed by atoms with Crippen molar-refractivity contribution in [2.45, 2.75) is 24.4 Å². The van der Waals surface area contributed by atoms with Crippen molar-refractivity contribution >= 4 is 11.8 Å². The van der Waals surface area contributed by atoms with Gasteiger partial charge in [0.1, 0.15) is 0 Å². The number of hydrogen-bond acceptors (Lipinski definition) is 4. The van der Waals surface area contributed by atoms with E-state index in [2.05, 4.69) is 9.97 Å². The van der Waals surface area contributed by atoms with E-state index >= 15 is 0 Å². The molecule has 0 saturated carbocycles. The molecule has 1 N–H and O–H groups in total. The molecule has 2 aromatic rings. The Morgan fingerprint density at radius 3 is 2.47 bits per heavy atom. The zero-order valence-corrected chi connectivity index (χ0v) is 10.4. The van der Waals surface area contributed by atoms with Gasteiger partial charge in [-0.15, -0.1) is 0 Å². The largest absolute Gasteiger partial charge is 0.392 e. The van der Waals surface area contributed by atoms with Crippen LogP contribution in [-0.4, -0.2) is 15.1 Å². The van der Waals surface area contributed by atoms with E-state index in [0.717, 1.165) is 22.2 Å². The van der Waals surface area contributed by atoms with Gasteiger partial charge < -0.3 is 5.11 Å². The van der Waals surface area contributed by atoms with Crippen LogP contribution in [0.5, 0.6) is 0 Å². The van der Waals surface area contributed by atoms with Gasteiger partial charge in [0, 0.05) is 17.6 Å². The van der Waals surface area contributed by atoms with Crippen LogP contribution < -0.4 is 0 Å². The molecule has 1 heterocycles. The third-order valence-corrected chi connectivity index (χ3v) is 3.28. The second-order valence-corrected chi connectivity index (χ2v) is 4.69. The van der Waals surface area contributed by atoms with E-state index in [-0.39, 0.29) is 6.61 Å². The van der Waals surface area contributed by atoms with Crippen LogP contribution in [0.15, 0.2) is 41.7 Å². The van der Waals surface area contributed by atoms with E-state index < -0.39 is 0 Å². The molecule has 0 aliphatic rings. The molecule has 0 fully saturated rings. The van der Waals surface area contributed by atoms with Crippen molar-refractivity contribution in [2.75, 3.05) is 0 Å². The average Bonchev–Trinajstić information content (AvgIpc) is 2.37. The number of nitrogens with zero attached hydrogens (tertiary/aromatic N) is 2. The zero-order chi connectivity index (χ0) is 12.1. The van der Waals surface area contributed by atoms with Crippen molar-refractivity contribution < 1.29 is 5.11 Å². The topological polar surface area (TPSA) is 46.0 Å². The molecule has 17 heavy (non-hydrogen) atoms. The first kappa shape index (κ1) is 12.1. The molecule has 0 amide bonds. The summed E-state index contributed by atoms with van der Waals surface area (Å²) in [5.74, 6) is 0.842. The van der Waals surface area contributed by atoms with Crippen LogP contribution in [-0.2, 0) is 12.4 Å². The minimum Gasteiger partial charge on any atom is -0.392 e. The minimum absolute atomic E-state index is 0.0917. The number of thioether (sulfide) groups is 1. The molecule has 2 rings (SSSR count). The van der Waals surface area contributed by atoms with E-state index in [1.807, 2.05) is 37.3 Å². The molecular weight excluding hydrogens is 232 g/mol. The first-order chi connectivity index (χ1) is 8.28. The molecule has 4 heteroatoms. The quantitative estimate of drug-likeness (QED) is 0.665. The number of rotatable bonds is 4. The van der Waals surface area contributed by atoms with Gasteiger partial charge in [-0.1, -0.05) is 36.0 Å². The Kier molecular flexibility index (Phi) is 4.12. The molecule has 1 aromatic heterocycles. The lowest BCUT2D eigenvalue weighted by molar-refractivity contribution is 0.282. The third-order valence-electron chi connectivity index (χ3n) is 2.35. The molecular formula is C13H14N2OS. The normalized spacial score (nSPS) is 10.5. The van der Waals surface area contributed by atoms with Crippen LogP contribution in [0.4, 0.5) is 0 Å². The van der Waals surface area contributed by atoms with Crippen LogP contribution >= 0.6 is 11.8 Å². The van der Waals surface area contributed by atoms with Gasteiger partial charge in [-0.2, -0.15) is 0 Å². The van der Waals surface area contributed by atoms with Gasteiger partial charge in [-0.3, -0.25) is 0 Å². The minimum atomic E-state index is 0.0917. The number of aliphatic hydroxyl groups excluding tert-OH is 1. The molecule has 3 nitrogen and oxygen atoms in total. The van der Waals surface area contributed by atoms with E-state index in [9.17, 15) is 0 Å². The number of benzene rings is 1. The average molecular weight is 246 g/mol. The standard InChI is InChI=1S/C13H14N2OS/c1-10-6-7-14-13(15-10)17-9-12-4-2-11(8-16)3-5-12/h2-7,16H,8-9H2,1H3. The maximum atomic E-state index is 8.94. The summed E-state index contributed by atoms with van der Waals surface area (Å²) in [4.78, 5) is 8.53. The number of aryl methyl sites for hydroxylation is 1. The highest BCUT2D eigenvalue weighted by Gasteiger charge is 1.99. The Morgan fingerprint density at radius 2 is 1.82 bits per heavy atom. The summed E-state index contributed by atoms with van der Waals surface area (Å²) in [7, 11) is 0. The Morgan fingerprint density at radius 1 is 1.12 bits per heavy atom. The molecule has 88 valence electrons. The lowest BCUT2D eigenvalue weighted by Crippen LogP contribution is -1.90. The third kappa shape index (κ3) is 3.54. The zero-order valence-electron chi connectivity index (χ0n) is 9.63. The van der Waals surface area contributed by atoms with Crippen LogP contribution in [0.3, 0.4) is 0 Å². The molecule has 0 aliphatic carbocycles. The summed E-state index contributed by atoms with van der Waals surface area (Å²) >= 11 is 1.62. The van der Waals surface area contributed by atoms with Crippen molar-refractivity contribution in [3.05, 3.63) is 53.3 Å². The van der Waals surface area contributed by atoms with E-state index in [1.165, 1.54) is 5.56 Å². The monoisotopic (exact) mass is 246 g/mol. The van der Waals surface area contributed by atoms with Crippen molar-refractivity contribution in [1.29, 1.82) is 0 Å². The van der Waals surface area contributed by atoms with Crippen LogP contribution in [0.25, 0.3) is 0 Å². The van der Waals surface area contributed by atoms with E-state index in [4.69, 9.17) is 5.11 Å². The number of hydrogen-bond donors (Lipinski definition) is 1. The fraction of sp³-hybridized carbons (Fsp3) is 0.231. The molecule has 0 unspecified atom stereocenters. The summed E-state index contributed by atoms with van der Waals surface area (Å²) in [5.41, 5.74) is 3.13. The van der Waals surface area contributed by atoms with Gasteiger partial charge in [-0.25, -0.2) is 9.97 Å². The maximum Gasteiger partial charge on any atom is 0.188 e. The van der Waals surface area contributed by atoms with Gasteiger partial charge in [0.2, 0.25) is 0 Å². The molecule has 0 spiro atoms. The summed E-state index contributed by atoms with van der Waals surface area (Å²) in [6, 6.07) is 9.81. The smallest absolute Gasteiger partial charge is 0.188 e. The fourth-order valence-corrected chi connectivity index (χ4v) is 2.22. The molecule has 0 saturated heterocycles. The second kappa shape index (κ2) is 5.80. The van der Waals surface area contributed by atoms with Crippen LogP contribution in [0.2, 0.25) is 0 Å². The van der Waals surface area contributed by atoms with Crippen molar-refractivity contribution in [3.8, 4) is 0 Å². The SMILES string of the molecule is Cc1ccnc(SCc2ccc(CO)cc2)n1. The molecule has 0 radical (unpaired) electrons. The summed E-state index contributed by atoms with van der Waals surface area (Å²) in [6.07, 6.45) is 1.78. The van der Waals surface area contributed by atoms with Gasteiger partial charge in [-0.05, 0) is 24.1 Å². The highest BCUT2D eigenvalue weighted by atomic mass is 32.2. The van der Waals surface area contributed by atoms with Crippen LogP contribution in [0, 0.1) is 6.92 Å². The number of aliphatic hydroxyl groups is 1. The van der Waals surface area contributed by atoms with Gasteiger partial charge in [0.05, 0.1) is 6.61 Å². The molecule has 0 aliphatic heterocycles. The van der Waals surface area contributed by atoms with Gasteiger partial charge in [0.15, 0.2) is 5.16 Å². The summed E-state index contributed by atoms with van der Waals surface area (Å²) in [6.45, 7) is 2.05. The first-order valence-corrected chi connectivity index (χ1v) is 6.37. The Hall–Kier alpha value is -1.39. The predicted molar refractivity (Wildman–Crippen MR) is 68.7 cm³/mol. The van der Waals surface area contributed by atoms with Gasteiger partial charge >= 0.3 is 0 Å². The van der Waals surface area contributed by atoms with Crippen molar-refractivity contribution in [3.63, 3.8) is 0 Å². The van der Waals surface area contributed by atoms with Crippen LogP contribution in [0.1, 0.15) is 16.8 Å². The Labute approximate surface area is 105 Å². The maximum absolute atomic E-state index is 8.94. The first-order valence-electron chi connectivity index (χ1n) is 5.39. The predicted octanol–water partition coefficient (Wildman–Crippen LogP) is 2.57. The highest BCUT2D eigenvalue weighted by molar-refractivity contribution is 7.98. The Bertz CT molecular complexity index is 485. The number of aromatic nitrogens is 2. The van der Waals surface area contributed by atoms with Crippen molar-refractivity contribution in [1.82, 2.24) is 9.97 Å². The molecule has 0 atom stereocenters. The fourth-order valence-electron chi connectivity index (χ4n) is 1.38. The Balaban J connectivity index is 1.97. The summed E-state index contributed by atoms with van der Waals surface area (Å²) < 4.78 is 0. The van der Waals surface area contributed by atoms with E-state index in [0.29, 0.717) is 0 Å².